The van der Waals surface area contributed by atoms with Crippen molar-refractivity contribution in [3.05, 3.63) is 54.1 Å². The fraction of sp³-hybridized carbons (Fsp3) is 0.235. The summed E-state index contributed by atoms with van der Waals surface area (Å²) in [6.07, 6.45) is 2.12. The van der Waals surface area contributed by atoms with Gasteiger partial charge in [-0.25, -0.2) is 0 Å². The number of hydrogen-bond acceptors (Lipinski definition) is 3. The molecule has 0 unspecified atom stereocenters. The Bertz CT molecular complexity index is 594. The first-order valence-corrected chi connectivity index (χ1v) is 7.09. The molecule has 110 valence electrons. The summed E-state index contributed by atoms with van der Waals surface area (Å²) < 4.78 is 5.57. The number of carbonyl (C=O) groups is 1. The van der Waals surface area contributed by atoms with E-state index < -0.39 is 0 Å². The Morgan fingerprint density at radius 2 is 1.95 bits per heavy atom. The largest absolute Gasteiger partial charge is 0.494 e. The van der Waals surface area contributed by atoms with E-state index >= 15 is 0 Å². The highest BCUT2D eigenvalue weighted by atomic mass is 16.5. The zero-order chi connectivity index (χ0) is 15.1. The van der Waals surface area contributed by atoms with Crippen LogP contribution in [0, 0.1) is 0 Å². The number of nitrogens with two attached hydrogens (primary N) is 1. The molecular formula is C17H20N2O2. The maximum absolute atomic E-state index is 12.1. The van der Waals surface area contributed by atoms with Gasteiger partial charge in [0.1, 0.15) is 5.75 Å². The Kier molecular flexibility index (Phi) is 5.21. The van der Waals surface area contributed by atoms with Crippen LogP contribution in [0.4, 0.5) is 11.4 Å². The molecule has 4 heteroatoms. The first-order valence-electron chi connectivity index (χ1n) is 7.09. The van der Waals surface area contributed by atoms with Gasteiger partial charge in [-0.1, -0.05) is 19.4 Å². The van der Waals surface area contributed by atoms with Crippen molar-refractivity contribution in [3.63, 3.8) is 0 Å². The molecule has 3 N–H and O–H groups in total. The van der Waals surface area contributed by atoms with Crippen molar-refractivity contribution in [2.24, 2.45) is 0 Å². The summed E-state index contributed by atoms with van der Waals surface area (Å²) in [6, 6.07) is 14.2. The van der Waals surface area contributed by atoms with E-state index in [9.17, 15) is 4.79 Å². The van der Waals surface area contributed by atoms with E-state index in [0.29, 0.717) is 23.5 Å². The minimum atomic E-state index is -0.166. The second kappa shape index (κ2) is 7.33. The summed E-state index contributed by atoms with van der Waals surface area (Å²) in [4.78, 5) is 12.1. The summed E-state index contributed by atoms with van der Waals surface area (Å²) in [7, 11) is 0. The van der Waals surface area contributed by atoms with Crippen molar-refractivity contribution >= 4 is 17.3 Å². The summed E-state index contributed by atoms with van der Waals surface area (Å²) in [5.41, 5.74) is 7.57. The van der Waals surface area contributed by atoms with Gasteiger partial charge in [-0.3, -0.25) is 4.79 Å². The Labute approximate surface area is 124 Å². The highest BCUT2D eigenvalue weighted by Crippen LogP contribution is 2.16. The van der Waals surface area contributed by atoms with E-state index in [1.54, 1.807) is 36.4 Å². The van der Waals surface area contributed by atoms with Crippen LogP contribution in [0.1, 0.15) is 30.1 Å². The van der Waals surface area contributed by atoms with Crippen molar-refractivity contribution in [1.82, 2.24) is 0 Å². The van der Waals surface area contributed by atoms with Crippen molar-refractivity contribution in [2.45, 2.75) is 19.8 Å². The number of rotatable bonds is 6. The molecule has 0 aliphatic rings. The van der Waals surface area contributed by atoms with Gasteiger partial charge in [-0.05, 0) is 48.9 Å². The lowest BCUT2D eigenvalue weighted by atomic mass is 10.2. The minimum absolute atomic E-state index is 0.166. The Balaban J connectivity index is 1.96. The molecule has 1 amide bonds. The van der Waals surface area contributed by atoms with Gasteiger partial charge in [0, 0.05) is 16.9 Å². The van der Waals surface area contributed by atoms with Crippen LogP contribution in [-0.2, 0) is 0 Å². The van der Waals surface area contributed by atoms with Crippen LogP contribution in [0.5, 0.6) is 5.75 Å². The molecule has 2 rings (SSSR count). The third-order valence-corrected chi connectivity index (χ3v) is 3.03. The van der Waals surface area contributed by atoms with Gasteiger partial charge in [-0.2, -0.15) is 0 Å². The summed E-state index contributed by atoms with van der Waals surface area (Å²) in [5, 5.41) is 2.81. The van der Waals surface area contributed by atoms with Crippen LogP contribution >= 0.6 is 0 Å². The standard InChI is InChI=1S/C17H20N2O2/c1-2-3-11-21-16-9-7-13(8-10-16)17(20)19-15-6-4-5-14(18)12-15/h4-10,12H,2-3,11,18H2,1H3,(H,19,20). The number of carbonyl (C=O) groups excluding carboxylic acids is 1. The molecule has 0 saturated carbocycles. The number of ether oxygens (including phenoxy) is 1. The lowest BCUT2D eigenvalue weighted by Crippen LogP contribution is -2.11. The Morgan fingerprint density at radius 1 is 1.19 bits per heavy atom. The highest BCUT2D eigenvalue weighted by Gasteiger charge is 2.06. The van der Waals surface area contributed by atoms with E-state index in [-0.39, 0.29) is 5.91 Å². The first-order chi connectivity index (χ1) is 10.2. The molecule has 0 aliphatic heterocycles. The number of hydrogen-bond donors (Lipinski definition) is 2. The maximum atomic E-state index is 12.1. The molecule has 0 fully saturated rings. The molecule has 0 spiro atoms. The fourth-order valence-electron chi connectivity index (χ4n) is 1.86. The molecule has 0 atom stereocenters. The normalized spacial score (nSPS) is 10.1. The SMILES string of the molecule is CCCCOc1ccc(C(=O)Nc2cccc(N)c2)cc1. The van der Waals surface area contributed by atoms with Gasteiger partial charge in [-0.15, -0.1) is 0 Å². The summed E-state index contributed by atoms with van der Waals surface area (Å²) >= 11 is 0. The van der Waals surface area contributed by atoms with E-state index in [1.807, 2.05) is 12.1 Å². The topological polar surface area (TPSA) is 64.3 Å². The highest BCUT2D eigenvalue weighted by molar-refractivity contribution is 6.04. The molecule has 0 heterocycles. The monoisotopic (exact) mass is 284 g/mol. The molecule has 21 heavy (non-hydrogen) atoms. The zero-order valence-electron chi connectivity index (χ0n) is 12.1. The van der Waals surface area contributed by atoms with Crippen LogP contribution in [-0.4, -0.2) is 12.5 Å². The Morgan fingerprint density at radius 3 is 2.62 bits per heavy atom. The van der Waals surface area contributed by atoms with Gasteiger partial charge >= 0.3 is 0 Å². The van der Waals surface area contributed by atoms with Crippen LogP contribution in [0.25, 0.3) is 0 Å². The Hall–Kier alpha value is -2.49. The number of unbranched alkanes of at least 4 members (excludes halogenated alkanes) is 1. The average Bonchev–Trinajstić information content (AvgIpc) is 2.48. The zero-order valence-corrected chi connectivity index (χ0v) is 12.1. The van der Waals surface area contributed by atoms with E-state index in [4.69, 9.17) is 10.5 Å². The van der Waals surface area contributed by atoms with Crippen molar-refractivity contribution < 1.29 is 9.53 Å². The van der Waals surface area contributed by atoms with Crippen LogP contribution in [0.3, 0.4) is 0 Å². The van der Waals surface area contributed by atoms with E-state index in [2.05, 4.69) is 12.2 Å². The smallest absolute Gasteiger partial charge is 0.255 e. The average molecular weight is 284 g/mol. The molecule has 0 saturated heterocycles. The predicted molar refractivity (Wildman–Crippen MR) is 85.7 cm³/mol. The maximum Gasteiger partial charge on any atom is 0.255 e. The van der Waals surface area contributed by atoms with Crippen molar-refractivity contribution in [3.8, 4) is 5.75 Å². The first kappa shape index (κ1) is 14.9. The molecule has 2 aromatic carbocycles. The molecule has 0 aromatic heterocycles. The van der Waals surface area contributed by atoms with E-state index in [1.165, 1.54) is 0 Å². The third-order valence-electron chi connectivity index (χ3n) is 3.03. The molecule has 4 nitrogen and oxygen atoms in total. The molecule has 0 bridgehead atoms. The van der Waals surface area contributed by atoms with Gasteiger partial charge in [0.05, 0.1) is 6.61 Å². The molecule has 0 aliphatic carbocycles. The fourth-order valence-corrected chi connectivity index (χ4v) is 1.86. The molecular weight excluding hydrogens is 264 g/mol. The third kappa shape index (κ3) is 4.53. The minimum Gasteiger partial charge on any atom is -0.494 e. The van der Waals surface area contributed by atoms with Gasteiger partial charge in [0.25, 0.3) is 5.91 Å². The number of nitrogen functional groups attached to an aromatic ring is 1. The lowest BCUT2D eigenvalue weighted by molar-refractivity contribution is 0.102. The van der Waals surface area contributed by atoms with Gasteiger partial charge in [0.2, 0.25) is 0 Å². The number of amides is 1. The lowest BCUT2D eigenvalue weighted by Gasteiger charge is -2.08. The summed E-state index contributed by atoms with van der Waals surface area (Å²) in [6.45, 7) is 2.82. The van der Waals surface area contributed by atoms with Gasteiger partial charge in [0.15, 0.2) is 0 Å². The number of anilines is 2. The van der Waals surface area contributed by atoms with Crippen molar-refractivity contribution in [1.29, 1.82) is 0 Å². The molecule has 2 aromatic rings. The quantitative estimate of drug-likeness (QED) is 0.628. The van der Waals surface area contributed by atoms with E-state index in [0.717, 1.165) is 18.6 Å². The number of nitrogens with one attached hydrogen (secondary N) is 1. The second-order valence-electron chi connectivity index (χ2n) is 4.81. The van der Waals surface area contributed by atoms with Crippen LogP contribution in [0.15, 0.2) is 48.5 Å². The number of benzene rings is 2. The molecule has 0 radical (unpaired) electrons. The predicted octanol–water partition coefficient (Wildman–Crippen LogP) is 3.70. The summed E-state index contributed by atoms with van der Waals surface area (Å²) in [5.74, 6) is 0.615. The van der Waals surface area contributed by atoms with Crippen LogP contribution < -0.4 is 15.8 Å². The van der Waals surface area contributed by atoms with Crippen LogP contribution in [0.2, 0.25) is 0 Å². The van der Waals surface area contributed by atoms with Gasteiger partial charge < -0.3 is 15.8 Å². The van der Waals surface area contributed by atoms with Crippen molar-refractivity contribution in [2.75, 3.05) is 17.7 Å². The second-order valence-corrected chi connectivity index (χ2v) is 4.81.